The molecule has 0 amide bonds. The molecule has 0 radical (unpaired) electrons. The van der Waals surface area contributed by atoms with Crippen LogP contribution in [0.25, 0.3) is 11.4 Å². The number of hydrogen-bond donors (Lipinski definition) is 2. The van der Waals surface area contributed by atoms with Crippen molar-refractivity contribution in [2.75, 3.05) is 37.0 Å². The van der Waals surface area contributed by atoms with Gasteiger partial charge in [-0.05, 0) is 31.4 Å². The normalized spacial score (nSPS) is 16.2. The van der Waals surface area contributed by atoms with Crippen LogP contribution in [0.1, 0.15) is 25.5 Å². The number of aromatic amines is 1. The Balaban J connectivity index is 1.55. The second-order valence-corrected chi connectivity index (χ2v) is 9.52. The van der Waals surface area contributed by atoms with Gasteiger partial charge in [0, 0.05) is 55.5 Å². The molecule has 0 aromatic carbocycles. The van der Waals surface area contributed by atoms with Gasteiger partial charge in [0.2, 0.25) is 0 Å². The molecule has 0 atom stereocenters. The first-order valence-electron chi connectivity index (χ1n) is 9.55. The molecule has 3 rings (SSSR count). The number of piperidine rings is 1. The lowest BCUT2D eigenvalue weighted by Crippen LogP contribution is -2.41. The fraction of sp³-hybridized carbons (Fsp3) is 0.526. The quantitative estimate of drug-likeness (QED) is 0.715. The molecule has 3 heterocycles. The average Bonchev–Trinajstić information content (AvgIpc) is 2.67. The highest BCUT2D eigenvalue weighted by molar-refractivity contribution is 7.90. The highest BCUT2D eigenvalue weighted by Crippen LogP contribution is 2.18. The molecule has 0 bridgehead atoms. The second-order valence-electron chi connectivity index (χ2n) is 7.26. The van der Waals surface area contributed by atoms with Gasteiger partial charge in [0.1, 0.15) is 21.5 Å². The molecule has 8 nitrogen and oxygen atoms in total. The molecule has 0 spiro atoms. The van der Waals surface area contributed by atoms with Gasteiger partial charge in [-0.25, -0.2) is 18.4 Å². The molecule has 1 saturated heterocycles. The molecule has 0 saturated carbocycles. The lowest BCUT2D eigenvalue weighted by atomic mass is 10.1. The highest BCUT2D eigenvalue weighted by Gasteiger charge is 2.20. The van der Waals surface area contributed by atoms with Crippen LogP contribution in [-0.4, -0.2) is 66.0 Å². The van der Waals surface area contributed by atoms with E-state index in [1.807, 2.05) is 19.1 Å². The molecule has 9 heteroatoms. The second kappa shape index (κ2) is 8.83. The molecule has 0 aliphatic carbocycles. The zero-order valence-electron chi connectivity index (χ0n) is 16.3. The Labute approximate surface area is 165 Å². The van der Waals surface area contributed by atoms with Crippen LogP contribution in [0, 0.1) is 0 Å². The molecule has 28 heavy (non-hydrogen) atoms. The molecule has 2 N–H and O–H groups in total. The molecule has 1 aliphatic heterocycles. The third-order valence-corrected chi connectivity index (χ3v) is 5.84. The van der Waals surface area contributed by atoms with Gasteiger partial charge in [0.25, 0.3) is 5.56 Å². The van der Waals surface area contributed by atoms with Gasteiger partial charge in [-0.3, -0.25) is 4.79 Å². The molecule has 2 aromatic heterocycles. The van der Waals surface area contributed by atoms with Crippen molar-refractivity contribution in [3.63, 3.8) is 0 Å². The topological polar surface area (TPSA) is 108 Å². The van der Waals surface area contributed by atoms with Gasteiger partial charge in [0.05, 0.1) is 5.75 Å². The summed E-state index contributed by atoms with van der Waals surface area (Å²) in [4.78, 5) is 25.6. The number of nitrogens with one attached hydrogen (secondary N) is 2. The number of pyridine rings is 1. The number of H-pyrrole nitrogens is 1. The first kappa shape index (κ1) is 20.5. The molecule has 152 valence electrons. The van der Waals surface area contributed by atoms with Gasteiger partial charge in [0.15, 0.2) is 0 Å². The Hall–Kier alpha value is -2.26. The van der Waals surface area contributed by atoms with Crippen LogP contribution in [0.4, 0.5) is 5.82 Å². The van der Waals surface area contributed by atoms with Crippen molar-refractivity contribution in [2.45, 2.75) is 32.2 Å². The first-order chi connectivity index (χ1) is 13.3. The van der Waals surface area contributed by atoms with E-state index in [2.05, 4.69) is 25.2 Å². The maximum Gasteiger partial charge on any atom is 0.251 e. The molecule has 2 aromatic rings. The van der Waals surface area contributed by atoms with E-state index in [0.29, 0.717) is 24.8 Å². The molecule has 1 fully saturated rings. The Bertz CT molecular complexity index is 948. The van der Waals surface area contributed by atoms with E-state index in [1.54, 1.807) is 6.20 Å². The summed E-state index contributed by atoms with van der Waals surface area (Å²) in [5.74, 6) is 1.53. The Morgan fingerprint density at radius 3 is 2.64 bits per heavy atom. The van der Waals surface area contributed by atoms with E-state index >= 15 is 0 Å². The van der Waals surface area contributed by atoms with Crippen LogP contribution in [0.3, 0.4) is 0 Å². The molecular formula is C19H27N5O3S. The highest BCUT2D eigenvalue weighted by atomic mass is 32.2. The summed E-state index contributed by atoms with van der Waals surface area (Å²) >= 11 is 0. The summed E-state index contributed by atoms with van der Waals surface area (Å²) in [6.07, 6.45) is 5.58. The van der Waals surface area contributed by atoms with E-state index in [-0.39, 0.29) is 11.3 Å². The van der Waals surface area contributed by atoms with Gasteiger partial charge in [-0.15, -0.1) is 0 Å². The monoisotopic (exact) mass is 405 g/mol. The third kappa shape index (κ3) is 5.87. The predicted octanol–water partition coefficient (Wildman–Crippen LogP) is 1.32. The number of anilines is 1. The number of aromatic nitrogens is 3. The Morgan fingerprint density at radius 2 is 2.04 bits per heavy atom. The van der Waals surface area contributed by atoms with Crippen molar-refractivity contribution in [1.82, 2.24) is 19.9 Å². The van der Waals surface area contributed by atoms with Crippen LogP contribution < -0.4 is 10.9 Å². The minimum absolute atomic E-state index is 0.160. The van der Waals surface area contributed by atoms with Crippen LogP contribution >= 0.6 is 0 Å². The molecule has 1 aliphatic rings. The standard InChI is InChI=1S/C19H27N5O3S/c1-3-15-12-18(25)23-19(22-15)14-4-5-17(20-13-14)21-16-6-8-24(9-7-16)10-11-28(2,26)27/h4-5,12-13,16H,3,6-11H2,1-2H3,(H,20,21)(H,22,23,25). The zero-order valence-corrected chi connectivity index (χ0v) is 17.1. The summed E-state index contributed by atoms with van der Waals surface area (Å²) in [6.45, 7) is 4.31. The first-order valence-corrected chi connectivity index (χ1v) is 11.6. The number of hydrogen-bond acceptors (Lipinski definition) is 7. The fourth-order valence-corrected chi connectivity index (χ4v) is 3.84. The average molecular weight is 406 g/mol. The van der Waals surface area contributed by atoms with E-state index in [0.717, 1.165) is 43.0 Å². The summed E-state index contributed by atoms with van der Waals surface area (Å²) in [5, 5.41) is 3.44. The lowest BCUT2D eigenvalue weighted by Gasteiger charge is -2.32. The molecular weight excluding hydrogens is 378 g/mol. The van der Waals surface area contributed by atoms with Gasteiger partial charge < -0.3 is 15.2 Å². The minimum Gasteiger partial charge on any atom is -0.367 e. The van der Waals surface area contributed by atoms with Crippen LogP contribution in [-0.2, 0) is 16.3 Å². The van der Waals surface area contributed by atoms with E-state index < -0.39 is 9.84 Å². The van der Waals surface area contributed by atoms with Crippen molar-refractivity contribution in [3.05, 3.63) is 40.4 Å². The predicted molar refractivity (Wildman–Crippen MR) is 110 cm³/mol. The van der Waals surface area contributed by atoms with Gasteiger partial charge >= 0.3 is 0 Å². The van der Waals surface area contributed by atoms with Gasteiger partial charge in [-0.2, -0.15) is 0 Å². The third-order valence-electron chi connectivity index (χ3n) is 4.91. The summed E-state index contributed by atoms with van der Waals surface area (Å²) in [7, 11) is -2.91. The number of rotatable bonds is 7. The van der Waals surface area contributed by atoms with Crippen LogP contribution in [0.2, 0.25) is 0 Å². The van der Waals surface area contributed by atoms with Gasteiger partial charge in [-0.1, -0.05) is 6.92 Å². The summed E-state index contributed by atoms with van der Waals surface area (Å²) in [6, 6.07) is 5.61. The van der Waals surface area contributed by atoms with Crippen molar-refractivity contribution in [1.29, 1.82) is 0 Å². The minimum atomic E-state index is -2.91. The maximum atomic E-state index is 11.7. The Kier molecular flexibility index (Phi) is 6.46. The fourth-order valence-electron chi connectivity index (χ4n) is 3.25. The number of sulfone groups is 1. The van der Waals surface area contributed by atoms with E-state index in [9.17, 15) is 13.2 Å². The van der Waals surface area contributed by atoms with E-state index in [1.165, 1.54) is 12.3 Å². The van der Waals surface area contributed by atoms with E-state index in [4.69, 9.17) is 0 Å². The number of aryl methyl sites for hydroxylation is 1. The zero-order chi connectivity index (χ0) is 20.1. The van der Waals surface area contributed by atoms with Crippen molar-refractivity contribution < 1.29 is 8.42 Å². The lowest BCUT2D eigenvalue weighted by molar-refractivity contribution is 0.230. The maximum absolute atomic E-state index is 11.7. The van der Waals surface area contributed by atoms with Crippen molar-refractivity contribution in [3.8, 4) is 11.4 Å². The largest absolute Gasteiger partial charge is 0.367 e. The number of nitrogens with zero attached hydrogens (tertiary/aromatic N) is 3. The number of likely N-dealkylation sites (tertiary alicyclic amines) is 1. The van der Waals surface area contributed by atoms with Crippen molar-refractivity contribution >= 4 is 15.7 Å². The molecule has 0 unspecified atom stereocenters. The summed E-state index contributed by atoms with van der Waals surface area (Å²) < 4.78 is 22.6. The van der Waals surface area contributed by atoms with Crippen LogP contribution in [0.15, 0.2) is 29.2 Å². The SMILES string of the molecule is CCc1cc(=O)[nH]c(-c2ccc(NC3CCN(CCS(C)(=O)=O)CC3)nc2)n1. The van der Waals surface area contributed by atoms with Crippen molar-refractivity contribution in [2.24, 2.45) is 0 Å². The van der Waals surface area contributed by atoms with Crippen LogP contribution in [0.5, 0.6) is 0 Å². The Morgan fingerprint density at radius 1 is 1.29 bits per heavy atom. The summed E-state index contributed by atoms with van der Waals surface area (Å²) in [5.41, 5.74) is 1.36. The smallest absolute Gasteiger partial charge is 0.251 e.